The number of aliphatic hydroxyl groups is 6. The predicted octanol–water partition coefficient (Wildman–Crippen LogP) is 17.6. The van der Waals surface area contributed by atoms with E-state index in [2.05, 4.69) is 53.3 Å². The molecule has 14 rings (SSSR count). The highest BCUT2D eigenvalue weighted by molar-refractivity contribution is 5.89. The molecule has 854 valence electrons. The Morgan fingerprint density at radius 3 is 0.899 bits per heavy atom. The van der Waals surface area contributed by atoms with Crippen LogP contribution in [-0.2, 0) is 114 Å². The Morgan fingerprint density at radius 1 is 0.289 bits per heavy atom. The van der Waals surface area contributed by atoms with Gasteiger partial charge in [-0.15, -0.1) is 0 Å². The van der Waals surface area contributed by atoms with Crippen molar-refractivity contribution in [2.75, 3.05) is 39.6 Å². The lowest BCUT2D eigenvalue weighted by Crippen LogP contribution is -2.52. The van der Waals surface area contributed by atoms with E-state index >= 15 is 0 Å². The summed E-state index contributed by atoms with van der Waals surface area (Å²) in [6.45, 7) is 57.5. The van der Waals surface area contributed by atoms with Gasteiger partial charge in [-0.1, -0.05) is 92.9 Å². The lowest BCUT2D eigenvalue weighted by molar-refractivity contribution is -0.281. The summed E-state index contributed by atoms with van der Waals surface area (Å²) in [6.07, 6.45) is 0.334. The quantitative estimate of drug-likeness (QED) is 0.0144. The second-order valence-corrected chi connectivity index (χ2v) is 47.9. The highest BCUT2D eigenvalue weighted by Gasteiger charge is 2.66. The second-order valence-electron chi connectivity index (χ2n) is 47.9. The van der Waals surface area contributed by atoms with Crippen molar-refractivity contribution in [3.63, 3.8) is 0 Å². The minimum atomic E-state index is -4.77. The van der Waals surface area contributed by atoms with Crippen molar-refractivity contribution in [1.82, 2.24) is 0 Å². The highest BCUT2D eigenvalue weighted by atomic mass is 19.4. The number of hydrogen-bond donors (Lipinski definition) is 6. The Hall–Kier alpha value is -6.09. The minimum Gasteiger partial charge on any atom is -0.456 e. The molecule has 0 aromatic heterocycles. The van der Waals surface area contributed by atoms with Crippen molar-refractivity contribution in [3.05, 3.63) is 72.9 Å². The van der Waals surface area contributed by atoms with Crippen LogP contribution in [0.1, 0.15) is 313 Å². The number of esters is 6. The maximum Gasteiger partial charge on any atom is 0.419 e. The third-order valence-electron chi connectivity index (χ3n) is 32.4. The van der Waals surface area contributed by atoms with Gasteiger partial charge in [0.25, 0.3) is 0 Å². The van der Waals surface area contributed by atoms with Gasteiger partial charge in [-0.3, -0.25) is 0 Å². The number of halogens is 9. The van der Waals surface area contributed by atoms with E-state index in [1.54, 1.807) is 96.9 Å². The zero-order valence-corrected chi connectivity index (χ0v) is 91.7. The zero-order chi connectivity index (χ0) is 112. The van der Waals surface area contributed by atoms with Crippen LogP contribution >= 0.6 is 0 Å². The molecule has 2 aliphatic carbocycles. The van der Waals surface area contributed by atoms with Crippen molar-refractivity contribution < 1.29 is 184 Å². The smallest absolute Gasteiger partial charge is 0.419 e. The number of alkyl halides is 9. The Balaban J connectivity index is 0.000000199. The van der Waals surface area contributed by atoms with E-state index < -0.39 is 112 Å². The summed E-state index contributed by atoms with van der Waals surface area (Å²) < 4.78 is 220. The molecular formula is C110H171F9O30. The van der Waals surface area contributed by atoms with Crippen LogP contribution in [0.25, 0.3) is 0 Å². The van der Waals surface area contributed by atoms with Crippen molar-refractivity contribution >= 4 is 35.8 Å². The Morgan fingerprint density at radius 2 is 0.564 bits per heavy atom. The number of fused-ring (bicyclic) bond motifs is 12. The number of carbonyl (C=O) groups is 6. The SMILES string of the molecule is C=C(C)C(=O)OC1CC2CC(C(C)(C)OCC(C)(C)O)C1O2.C=C(C)C(=O)OC1CC2CC(C(CC)(CC)OCC(C)(C)O)C1O2.C=C(C)C(=O)OC1CC2CC(C3(OCC(C)(C)O)CCCC3)C1O2.C=C(C)C(=O)OC1CC2OC1CC2C(C)(C)OCC(C)(O)C(F)(F)F.C=C(C)C(=O)OC1CC2OC1CC2C(CC)(CC)OCC(C)(O)C(F)(F)F.C=C(C)C(=O)OC1CC2OC1CC2C1(OCC(C)(O)C(F)(F)F)CCCC1. The van der Waals surface area contributed by atoms with Gasteiger partial charge in [-0.25, -0.2) is 28.8 Å². The van der Waals surface area contributed by atoms with Crippen LogP contribution in [-0.4, -0.2) is 302 Å². The van der Waals surface area contributed by atoms with Crippen LogP contribution in [0.5, 0.6) is 0 Å². The molecule has 14 fully saturated rings. The molecule has 0 aromatic rings. The number of carbonyl (C=O) groups excluding carboxylic acids is 6. The summed E-state index contributed by atoms with van der Waals surface area (Å²) in [7, 11) is 0. The van der Waals surface area contributed by atoms with Gasteiger partial charge in [-0.2, -0.15) is 39.5 Å². The van der Waals surface area contributed by atoms with E-state index in [1.807, 2.05) is 27.7 Å². The summed E-state index contributed by atoms with van der Waals surface area (Å²) >= 11 is 0. The molecular weight excluding hydrogens is 1970 g/mol. The zero-order valence-electron chi connectivity index (χ0n) is 91.7. The Kier molecular flexibility index (Phi) is 41.5. The molecule has 0 spiro atoms. The fraction of sp³-hybridized carbons (Fsp3) is 0.836. The molecule has 12 saturated heterocycles. The van der Waals surface area contributed by atoms with Gasteiger partial charge in [0.05, 0.1) is 145 Å². The van der Waals surface area contributed by atoms with Crippen LogP contribution < -0.4 is 0 Å². The fourth-order valence-corrected chi connectivity index (χ4v) is 23.3. The largest absolute Gasteiger partial charge is 0.456 e. The van der Waals surface area contributed by atoms with Crippen molar-refractivity contribution in [2.24, 2.45) is 35.5 Å². The summed E-state index contributed by atoms with van der Waals surface area (Å²) in [5.74, 6) is -2.28. The number of ether oxygens (including phenoxy) is 18. The first-order valence-corrected chi connectivity index (χ1v) is 52.9. The van der Waals surface area contributed by atoms with E-state index in [1.165, 1.54) is 0 Å². The first kappa shape index (κ1) is 126. The lowest BCUT2D eigenvalue weighted by Gasteiger charge is -2.43. The Bertz CT molecular complexity index is 4430. The minimum absolute atomic E-state index is 0.0613. The van der Waals surface area contributed by atoms with Crippen molar-refractivity contribution in [2.45, 2.75) is 509 Å². The van der Waals surface area contributed by atoms with Crippen LogP contribution in [0.3, 0.4) is 0 Å². The van der Waals surface area contributed by atoms with Crippen LogP contribution in [0.4, 0.5) is 39.5 Å². The van der Waals surface area contributed by atoms with Gasteiger partial charge in [-0.05, 0) is 221 Å². The molecule has 6 N–H and O–H groups in total. The van der Waals surface area contributed by atoms with Crippen LogP contribution in [0, 0.1) is 35.5 Å². The highest BCUT2D eigenvalue weighted by Crippen LogP contribution is 2.58. The van der Waals surface area contributed by atoms with Gasteiger partial charge >= 0.3 is 54.3 Å². The van der Waals surface area contributed by atoms with Gasteiger partial charge in [0.15, 0.2) is 16.8 Å². The standard InChI is InChI=1S/C19H27F3O5.C19H29F3O5.C19H30O5.C19H32O5.C17H25F3O5.C17H28O5/c1-11(2)16(23)27-15-9-13-12(8-14(15)26-13)18(6-4-5-7-18)25-10-17(3,24)19(20,21)22;1-6-18(7-2,25-10-17(5,24)19(20,21)22)12-8-14-15(9-13(12)26-14)27-16(23)11(3)4;1-12(2)17(20)24-15-10-13-9-14(16(15)23-13)19(7-5-6-8-19)22-11-18(3,4)21;1-7-19(8-2,22-11-18(5,6)21)14-9-13-10-15(16(14)23-13)24-17(20)12(3)4;1-9(2)14(21)25-13-7-11-10(6-12(13)24-11)15(3,4)23-8-16(5,22)17(18,19)20;1-10(2)15(18)22-13-8-11-7-12(14(13)21-11)17(5,6)20-9-16(3,4)19/h12-15,24H,1,4-10H2,2-3H3;12-15,24H,3,6-10H2,1-2,4-5H3;13-16,21H,1,5-11H2,2-4H3;13-16,21H,3,7-11H2,1-2,4-6H3;10-13,22H,1,6-8H2,2-5H3;11-14,19H,1,7-9H2,2-6H3. The summed E-state index contributed by atoms with van der Waals surface area (Å²) in [6, 6.07) is 0. The third kappa shape index (κ3) is 31.5. The average Bonchev–Trinajstić information content (AvgIpc) is 1.57. The third-order valence-corrected chi connectivity index (χ3v) is 32.4. The molecule has 0 amide bonds. The summed E-state index contributed by atoms with van der Waals surface area (Å²) in [5.41, 5.74) is -12.7. The molecule has 0 radical (unpaired) electrons. The molecule has 14 aliphatic rings. The van der Waals surface area contributed by atoms with E-state index in [4.69, 9.17) is 85.3 Å². The topological polar surface area (TPSA) is 390 Å². The van der Waals surface area contributed by atoms with E-state index in [9.17, 15) is 98.9 Å². The Labute approximate surface area is 873 Å². The van der Waals surface area contributed by atoms with Gasteiger partial charge in [0, 0.05) is 107 Å². The fourth-order valence-electron chi connectivity index (χ4n) is 23.3. The molecule has 149 heavy (non-hydrogen) atoms. The molecule has 12 aliphatic heterocycles. The van der Waals surface area contributed by atoms with Crippen LogP contribution in [0.2, 0.25) is 0 Å². The van der Waals surface area contributed by atoms with Gasteiger partial charge in [0.2, 0.25) is 0 Å². The molecule has 39 heteroatoms. The average molecular weight is 2140 g/mol. The molecule has 12 heterocycles. The first-order valence-electron chi connectivity index (χ1n) is 52.9. The predicted molar refractivity (Wildman–Crippen MR) is 528 cm³/mol. The monoisotopic (exact) mass is 2140 g/mol. The summed E-state index contributed by atoms with van der Waals surface area (Å²) in [5, 5.41) is 59.0. The molecule has 27 unspecified atom stereocenters. The van der Waals surface area contributed by atoms with Crippen molar-refractivity contribution in [1.29, 1.82) is 0 Å². The number of rotatable bonds is 40. The maximum atomic E-state index is 13.0. The summed E-state index contributed by atoms with van der Waals surface area (Å²) in [4.78, 5) is 70.6. The van der Waals surface area contributed by atoms with Gasteiger partial charge < -0.3 is 116 Å². The molecule has 30 nitrogen and oxygen atoms in total. The second kappa shape index (κ2) is 49.0. The normalized spacial score (nSPS) is 32.0. The lowest BCUT2D eigenvalue weighted by atomic mass is 9.72. The maximum absolute atomic E-state index is 13.0. The molecule has 2 saturated carbocycles. The molecule has 27 atom stereocenters. The van der Waals surface area contributed by atoms with E-state index in [0.29, 0.717) is 118 Å². The molecule has 12 bridgehead atoms. The van der Waals surface area contributed by atoms with Gasteiger partial charge in [0.1, 0.15) is 54.9 Å². The molecule has 0 aromatic carbocycles. The first-order chi connectivity index (χ1) is 68.4. The van der Waals surface area contributed by atoms with E-state index in [-0.39, 0.29) is 188 Å². The number of hydrogen-bond acceptors (Lipinski definition) is 30. The van der Waals surface area contributed by atoms with Crippen molar-refractivity contribution in [3.8, 4) is 0 Å². The van der Waals surface area contributed by atoms with Crippen LogP contribution in [0.15, 0.2) is 72.9 Å². The van der Waals surface area contributed by atoms with E-state index in [0.717, 1.165) is 96.8 Å².